The van der Waals surface area contributed by atoms with Crippen LogP contribution < -0.4 is 5.32 Å². The smallest absolute Gasteiger partial charge is 0.0837 e. The minimum absolute atomic E-state index is 0.662. The molecule has 2 rings (SSSR count). The topological polar surface area (TPSA) is 44.6 Å². The Morgan fingerprint density at radius 2 is 2.38 bits per heavy atom. The van der Waals surface area contributed by atoms with Crippen molar-refractivity contribution in [3.05, 3.63) is 29.3 Å². The molecule has 0 saturated heterocycles. The van der Waals surface area contributed by atoms with E-state index in [1.165, 1.54) is 11.3 Å². The number of oxime groups is 1. The van der Waals surface area contributed by atoms with Crippen LogP contribution in [-0.4, -0.2) is 17.5 Å². The van der Waals surface area contributed by atoms with Gasteiger partial charge in [-0.25, -0.2) is 0 Å². The van der Waals surface area contributed by atoms with Gasteiger partial charge in [-0.2, -0.15) is 0 Å². The molecular weight excluding hydrogens is 164 g/mol. The largest absolute Gasteiger partial charge is 0.411 e. The molecule has 13 heavy (non-hydrogen) atoms. The van der Waals surface area contributed by atoms with Gasteiger partial charge in [-0.3, -0.25) is 0 Å². The SMILES string of the molecule is C/C(=N\O)c1ccc2c(c1)CCN2. The van der Waals surface area contributed by atoms with E-state index < -0.39 is 0 Å². The lowest BCUT2D eigenvalue weighted by molar-refractivity contribution is 0.319. The Hall–Kier alpha value is -1.51. The number of benzene rings is 1. The van der Waals surface area contributed by atoms with E-state index in [9.17, 15) is 0 Å². The van der Waals surface area contributed by atoms with Crippen molar-refractivity contribution in [1.82, 2.24) is 0 Å². The summed E-state index contributed by atoms with van der Waals surface area (Å²) in [7, 11) is 0. The molecule has 0 bridgehead atoms. The average molecular weight is 176 g/mol. The van der Waals surface area contributed by atoms with E-state index in [-0.39, 0.29) is 0 Å². The zero-order chi connectivity index (χ0) is 9.26. The molecule has 1 aliphatic heterocycles. The summed E-state index contributed by atoms with van der Waals surface area (Å²) in [6.07, 6.45) is 1.06. The highest BCUT2D eigenvalue weighted by atomic mass is 16.4. The van der Waals surface area contributed by atoms with E-state index in [1.807, 2.05) is 12.1 Å². The minimum Gasteiger partial charge on any atom is -0.411 e. The number of hydrogen-bond acceptors (Lipinski definition) is 3. The zero-order valence-corrected chi connectivity index (χ0v) is 7.54. The monoisotopic (exact) mass is 176 g/mol. The maximum Gasteiger partial charge on any atom is 0.0837 e. The lowest BCUT2D eigenvalue weighted by Crippen LogP contribution is -1.95. The third kappa shape index (κ3) is 1.37. The van der Waals surface area contributed by atoms with E-state index in [0.29, 0.717) is 5.71 Å². The van der Waals surface area contributed by atoms with Crippen LogP contribution in [0.3, 0.4) is 0 Å². The van der Waals surface area contributed by atoms with Crippen molar-refractivity contribution in [1.29, 1.82) is 0 Å². The fourth-order valence-electron chi connectivity index (χ4n) is 1.59. The first kappa shape index (κ1) is 8.10. The average Bonchev–Trinajstić information content (AvgIpc) is 2.63. The van der Waals surface area contributed by atoms with Gasteiger partial charge in [-0.1, -0.05) is 11.2 Å². The van der Waals surface area contributed by atoms with Crippen molar-refractivity contribution >= 4 is 11.4 Å². The number of nitrogens with zero attached hydrogens (tertiary/aromatic N) is 1. The number of nitrogens with one attached hydrogen (secondary N) is 1. The first-order chi connectivity index (χ1) is 6.31. The van der Waals surface area contributed by atoms with Crippen LogP contribution in [0.2, 0.25) is 0 Å². The number of fused-ring (bicyclic) bond motifs is 1. The maximum atomic E-state index is 8.61. The van der Waals surface area contributed by atoms with Gasteiger partial charge in [-0.15, -0.1) is 0 Å². The summed E-state index contributed by atoms with van der Waals surface area (Å²) in [5.41, 5.74) is 4.16. The Balaban J connectivity index is 2.41. The van der Waals surface area contributed by atoms with E-state index in [2.05, 4.69) is 16.5 Å². The summed E-state index contributed by atoms with van der Waals surface area (Å²) in [6, 6.07) is 6.07. The lowest BCUT2D eigenvalue weighted by Gasteiger charge is -2.02. The van der Waals surface area contributed by atoms with E-state index in [4.69, 9.17) is 5.21 Å². The molecule has 0 aliphatic carbocycles. The highest BCUT2D eigenvalue weighted by Crippen LogP contribution is 2.23. The Morgan fingerprint density at radius 1 is 1.54 bits per heavy atom. The fourth-order valence-corrected chi connectivity index (χ4v) is 1.59. The molecular formula is C10H12N2O. The Morgan fingerprint density at radius 3 is 3.15 bits per heavy atom. The highest BCUT2D eigenvalue weighted by Gasteiger charge is 2.10. The summed E-state index contributed by atoms with van der Waals surface area (Å²) < 4.78 is 0. The number of hydrogen-bond donors (Lipinski definition) is 2. The van der Waals surface area contributed by atoms with Crippen LogP contribution in [0.1, 0.15) is 18.1 Å². The molecule has 2 N–H and O–H groups in total. The standard InChI is InChI=1S/C10H12N2O/c1-7(12-13)8-2-3-10-9(6-8)4-5-11-10/h2-3,6,11,13H,4-5H2,1H3/b12-7+. The summed E-state index contributed by atoms with van der Waals surface area (Å²) in [5, 5.41) is 15.1. The van der Waals surface area contributed by atoms with E-state index in [1.54, 1.807) is 6.92 Å². The van der Waals surface area contributed by atoms with Crippen molar-refractivity contribution < 1.29 is 5.21 Å². The van der Waals surface area contributed by atoms with Crippen molar-refractivity contribution in [2.45, 2.75) is 13.3 Å². The molecule has 1 heterocycles. The molecule has 1 aromatic rings. The van der Waals surface area contributed by atoms with Crippen LogP contribution in [0.5, 0.6) is 0 Å². The summed E-state index contributed by atoms with van der Waals surface area (Å²) in [4.78, 5) is 0. The van der Waals surface area contributed by atoms with Crippen LogP contribution in [0.4, 0.5) is 5.69 Å². The molecule has 0 amide bonds. The van der Waals surface area contributed by atoms with Gasteiger partial charge in [0.1, 0.15) is 0 Å². The predicted octanol–water partition coefficient (Wildman–Crippen LogP) is 1.85. The van der Waals surface area contributed by atoms with Crippen molar-refractivity contribution in [2.24, 2.45) is 5.16 Å². The van der Waals surface area contributed by atoms with Gasteiger partial charge in [0, 0.05) is 12.2 Å². The van der Waals surface area contributed by atoms with Crippen LogP contribution in [0.25, 0.3) is 0 Å². The molecule has 0 atom stereocenters. The van der Waals surface area contributed by atoms with Crippen molar-refractivity contribution in [3.8, 4) is 0 Å². The van der Waals surface area contributed by atoms with E-state index >= 15 is 0 Å². The highest BCUT2D eigenvalue weighted by molar-refractivity contribution is 5.98. The molecule has 0 fully saturated rings. The van der Waals surface area contributed by atoms with E-state index in [0.717, 1.165) is 18.5 Å². The summed E-state index contributed by atoms with van der Waals surface area (Å²) in [6.45, 7) is 2.80. The predicted molar refractivity (Wildman–Crippen MR) is 52.6 cm³/mol. The molecule has 1 aromatic carbocycles. The second-order valence-electron chi connectivity index (χ2n) is 3.23. The molecule has 0 unspecified atom stereocenters. The second-order valence-corrected chi connectivity index (χ2v) is 3.23. The van der Waals surface area contributed by atoms with Crippen LogP contribution in [0.15, 0.2) is 23.4 Å². The zero-order valence-electron chi connectivity index (χ0n) is 7.54. The van der Waals surface area contributed by atoms with Gasteiger partial charge < -0.3 is 10.5 Å². The third-order valence-corrected chi connectivity index (χ3v) is 2.38. The summed E-state index contributed by atoms with van der Waals surface area (Å²) >= 11 is 0. The van der Waals surface area contributed by atoms with Crippen LogP contribution in [-0.2, 0) is 6.42 Å². The molecule has 68 valence electrons. The minimum atomic E-state index is 0.662. The van der Waals surface area contributed by atoms with Crippen molar-refractivity contribution in [3.63, 3.8) is 0 Å². The van der Waals surface area contributed by atoms with Gasteiger partial charge in [-0.05, 0) is 36.6 Å². The fraction of sp³-hybridized carbons (Fsp3) is 0.300. The number of anilines is 1. The van der Waals surface area contributed by atoms with Crippen LogP contribution in [0, 0.1) is 0 Å². The summed E-state index contributed by atoms with van der Waals surface area (Å²) in [5.74, 6) is 0. The lowest BCUT2D eigenvalue weighted by atomic mass is 10.1. The normalized spacial score (nSPS) is 15.3. The van der Waals surface area contributed by atoms with Gasteiger partial charge in [0.05, 0.1) is 5.71 Å². The van der Waals surface area contributed by atoms with Crippen LogP contribution >= 0.6 is 0 Å². The first-order valence-electron chi connectivity index (χ1n) is 4.37. The molecule has 0 aromatic heterocycles. The first-order valence-corrected chi connectivity index (χ1v) is 4.37. The second kappa shape index (κ2) is 3.09. The van der Waals surface area contributed by atoms with Gasteiger partial charge in [0.25, 0.3) is 0 Å². The van der Waals surface area contributed by atoms with Gasteiger partial charge >= 0.3 is 0 Å². The number of rotatable bonds is 1. The third-order valence-electron chi connectivity index (χ3n) is 2.38. The Labute approximate surface area is 77.1 Å². The van der Waals surface area contributed by atoms with Gasteiger partial charge in [0.15, 0.2) is 0 Å². The molecule has 1 aliphatic rings. The Bertz CT molecular complexity index is 358. The molecule has 3 heteroatoms. The Kier molecular flexibility index (Phi) is 1.93. The van der Waals surface area contributed by atoms with Gasteiger partial charge in [0.2, 0.25) is 0 Å². The maximum absolute atomic E-state index is 8.61. The quantitative estimate of drug-likeness (QED) is 0.389. The molecule has 0 saturated carbocycles. The van der Waals surface area contributed by atoms with Crippen molar-refractivity contribution in [2.75, 3.05) is 11.9 Å². The molecule has 0 radical (unpaired) electrons. The molecule has 3 nitrogen and oxygen atoms in total. The molecule has 0 spiro atoms.